The number of hydrogen-bond acceptors (Lipinski definition) is 6. The molecule has 0 aromatic heterocycles. The maximum Gasteiger partial charge on any atom is 0.268 e. The zero-order valence-corrected chi connectivity index (χ0v) is 42.5. The highest BCUT2D eigenvalue weighted by Gasteiger charge is 2.23. The SMILES string of the molecule is CC/C=C\C/C=C\C/C=C\C/C=C\C/C=C\C/C=C\C/C=C\C/C=C\C/C=C\C/C=C\CCCCCCC(=O)NC(COP(=O)([O-])OCC[N+](C)(C)C)C(O)/C=C/CCCCCCCC. The minimum Gasteiger partial charge on any atom is -0.756 e. The van der Waals surface area contributed by atoms with E-state index in [0.29, 0.717) is 17.4 Å². The fourth-order valence-corrected chi connectivity index (χ4v) is 6.90. The molecule has 0 spiro atoms. The Morgan fingerprint density at radius 3 is 1.37 bits per heavy atom. The summed E-state index contributed by atoms with van der Waals surface area (Å²) in [6, 6.07) is -0.907. The molecule has 0 aliphatic carbocycles. The second kappa shape index (κ2) is 45.8. The van der Waals surface area contributed by atoms with Gasteiger partial charge in [-0.05, 0) is 96.3 Å². The molecule has 3 unspecified atom stereocenters. The number of quaternary nitrogens is 1. The van der Waals surface area contributed by atoms with Crippen molar-refractivity contribution in [2.45, 2.75) is 174 Å². The van der Waals surface area contributed by atoms with Gasteiger partial charge in [0.15, 0.2) is 0 Å². The van der Waals surface area contributed by atoms with E-state index in [1.807, 2.05) is 27.2 Å². The molecular weight excluding hydrogens is 828 g/mol. The molecule has 0 fully saturated rings. The molecule has 0 rings (SSSR count). The lowest BCUT2D eigenvalue weighted by molar-refractivity contribution is -0.870. The highest BCUT2D eigenvalue weighted by molar-refractivity contribution is 7.45. The number of carbonyl (C=O) groups excluding carboxylic acids is 1. The molecular formula is C56H93N2O6P. The molecule has 368 valence electrons. The Kier molecular flexibility index (Phi) is 43.4. The number of aliphatic hydroxyl groups is 1. The molecule has 2 N–H and O–H groups in total. The third-order valence-corrected chi connectivity index (χ3v) is 11.1. The minimum atomic E-state index is -4.60. The van der Waals surface area contributed by atoms with Gasteiger partial charge in [-0.15, -0.1) is 0 Å². The van der Waals surface area contributed by atoms with E-state index < -0.39 is 26.6 Å². The number of likely N-dealkylation sites (N-methyl/N-ethyl adjacent to an activating group) is 1. The molecule has 65 heavy (non-hydrogen) atoms. The number of phosphoric ester groups is 1. The van der Waals surface area contributed by atoms with Crippen LogP contribution in [-0.4, -0.2) is 68.5 Å². The number of amides is 1. The standard InChI is InChI=1S/C56H93N2O6P/c1-6-8-10-12-14-16-17-18-19-20-21-22-23-24-25-26-27-28-29-30-31-32-33-34-35-36-37-38-39-40-41-42-44-46-48-50-56(60)57-54(53-64-65(61,62)63-52-51-58(3,4)5)55(59)49-47-45-43-15-13-11-9-7-2/h8,10,14,16,18-19,21-22,24-25,27-28,30-31,33-34,36-37,39-40,47,49,54-55,59H,6-7,9,11-13,15,17,20,23,26,29,32,35,38,41-46,48,50-53H2,1-5H3,(H-,57,60,61,62)/b10-8-,16-14-,19-18-,22-21-,25-24-,28-27-,31-30-,34-33-,37-36-,40-39-,49-47+. The third-order valence-electron chi connectivity index (χ3n) is 10.1. The quantitative estimate of drug-likeness (QED) is 0.0273. The summed E-state index contributed by atoms with van der Waals surface area (Å²) in [6.45, 7) is 4.43. The van der Waals surface area contributed by atoms with E-state index in [-0.39, 0.29) is 12.5 Å². The van der Waals surface area contributed by atoms with Crippen molar-refractivity contribution in [1.82, 2.24) is 5.32 Å². The van der Waals surface area contributed by atoms with Crippen LogP contribution in [0, 0.1) is 0 Å². The maximum atomic E-state index is 12.8. The first-order valence-electron chi connectivity index (χ1n) is 25.0. The fourth-order valence-electron chi connectivity index (χ4n) is 6.18. The summed E-state index contributed by atoms with van der Waals surface area (Å²) in [6.07, 6.45) is 69.6. The average Bonchev–Trinajstić information content (AvgIpc) is 3.26. The zero-order valence-electron chi connectivity index (χ0n) is 41.6. The van der Waals surface area contributed by atoms with Crippen LogP contribution < -0.4 is 10.2 Å². The van der Waals surface area contributed by atoms with Gasteiger partial charge in [0.1, 0.15) is 13.2 Å². The van der Waals surface area contributed by atoms with Crippen molar-refractivity contribution in [2.24, 2.45) is 0 Å². The number of unbranched alkanes of at least 4 members (excludes halogenated alkanes) is 10. The van der Waals surface area contributed by atoms with Gasteiger partial charge in [-0.25, -0.2) is 0 Å². The molecule has 0 saturated carbocycles. The molecule has 0 aromatic rings. The van der Waals surface area contributed by atoms with Crippen molar-refractivity contribution < 1.29 is 32.9 Å². The Bertz CT molecular complexity index is 1510. The Balaban J connectivity index is 4.19. The van der Waals surface area contributed by atoms with E-state index >= 15 is 0 Å². The number of hydrogen-bond donors (Lipinski definition) is 2. The van der Waals surface area contributed by atoms with Crippen LogP contribution >= 0.6 is 7.82 Å². The van der Waals surface area contributed by atoms with Gasteiger partial charge >= 0.3 is 0 Å². The Labute approximate surface area is 398 Å². The lowest BCUT2D eigenvalue weighted by atomic mass is 10.1. The minimum absolute atomic E-state index is 0.0144. The Morgan fingerprint density at radius 1 is 0.554 bits per heavy atom. The van der Waals surface area contributed by atoms with Gasteiger partial charge in [0.05, 0.1) is 39.9 Å². The van der Waals surface area contributed by atoms with Gasteiger partial charge < -0.3 is 28.8 Å². The van der Waals surface area contributed by atoms with Crippen molar-refractivity contribution in [2.75, 3.05) is 40.9 Å². The maximum absolute atomic E-state index is 12.8. The van der Waals surface area contributed by atoms with Crippen LogP contribution in [-0.2, 0) is 18.4 Å². The van der Waals surface area contributed by atoms with Gasteiger partial charge in [-0.2, -0.15) is 0 Å². The highest BCUT2D eigenvalue weighted by atomic mass is 31.2. The van der Waals surface area contributed by atoms with Crippen LogP contribution in [0.4, 0.5) is 0 Å². The van der Waals surface area contributed by atoms with E-state index in [1.54, 1.807) is 6.08 Å². The van der Waals surface area contributed by atoms with Crippen molar-refractivity contribution in [3.8, 4) is 0 Å². The lowest BCUT2D eigenvalue weighted by Gasteiger charge is -2.29. The number of nitrogens with zero attached hydrogens (tertiary/aromatic N) is 1. The predicted octanol–water partition coefficient (Wildman–Crippen LogP) is 14.2. The first kappa shape index (κ1) is 61.6. The Morgan fingerprint density at radius 2 is 0.938 bits per heavy atom. The molecule has 0 heterocycles. The van der Waals surface area contributed by atoms with Gasteiger partial charge in [0, 0.05) is 6.42 Å². The molecule has 8 nitrogen and oxygen atoms in total. The average molecular weight is 921 g/mol. The molecule has 3 atom stereocenters. The molecule has 0 saturated heterocycles. The van der Waals surface area contributed by atoms with E-state index in [0.717, 1.165) is 116 Å². The normalized spacial score (nSPS) is 15.2. The summed E-state index contributed by atoms with van der Waals surface area (Å²) in [7, 11) is 1.21. The number of nitrogens with one attached hydrogen (secondary N) is 1. The monoisotopic (exact) mass is 921 g/mol. The van der Waals surface area contributed by atoms with E-state index in [4.69, 9.17) is 9.05 Å². The van der Waals surface area contributed by atoms with Gasteiger partial charge in [-0.3, -0.25) is 9.36 Å². The summed E-state index contributed by atoms with van der Waals surface area (Å²) in [5, 5.41) is 13.7. The predicted molar refractivity (Wildman–Crippen MR) is 278 cm³/mol. The number of aliphatic hydroxyl groups excluding tert-OH is 1. The van der Waals surface area contributed by atoms with Crippen LogP contribution in [0.3, 0.4) is 0 Å². The summed E-state index contributed by atoms with van der Waals surface area (Å²) >= 11 is 0. The van der Waals surface area contributed by atoms with Crippen molar-refractivity contribution >= 4 is 13.7 Å². The van der Waals surface area contributed by atoms with Crippen LogP contribution in [0.2, 0.25) is 0 Å². The van der Waals surface area contributed by atoms with E-state index in [1.165, 1.54) is 25.7 Å². The van der Waals surface area contributed by atoms with E-state index in [9.17, 15) is 19.4 Å². The second-order valence-corrected chi connectivity index (χ2v) is 18.8. The molecule has 0 aromatic carbocycles. The summed E-state index contributed by atoms with van der Waals surface area (Å²) in [4.78, 5) is 25.2. The van der Waals surface area contributed by atoms with Gasteiger partial charge in [0.25, 0.3) is 7.82 Å². The topological polar surface area (TPSA) is 108 Å². The van der Waals surface area contributed by atoms with Crippen molar-refractivity contribution in [1.29, 1.82) is 0 Å². The molecule has 0 aliphatic heterocycles. The molecule has 0 radical (unpaired) electrons. The lowest BCUT2D eigenvalue weighted by Crippen LogP contribution is -2.45. The number of rotatable bonds is 43. The first-order chi connectivity index (χ1) is 31.5. The second-order valence-electron chi connectivity index (χ2n) is 17.4. The molecule has 1 amide bonds. The first-order valence-corrected chi connectivity index (χ1v) is 26.5. The molecule has 9 heteroatoms. The number of allylic oxidation sites excluding steroid dienone is 21. The molecule has 0 bridgehead atoms. The van der Waals surface area contributed by atoms with Crippen LogP contribution in [0.5, 0.6) is 0 Å². The summed E-state index contributed by atoms with van der Waals surface area (Å²) < 4.78 is 23.1. The van der Waals surface area contributed by atoms with Gasteiger partial charge in [0.2, 0.25) is 5.91 Å². The smallest absolute Gasteiger partial charge is 0.268 e. The fraction of sp³-hybridized carbons (Fsp3) is 0.589. The van der Waals surface area contributed by atoms with Gasteiger partial charge in [-0.1, -0.05) is 192 Å². The van der Waals surface area contributed by atoms with Crippen LogP contribution in [0.25, 0.3) is 0 Å². The summed E-state index contributed by atoms with van der Waals surface area (Å²) in [5.41, 5.74) is 0. The number of carbonyl (C=O) groups is 1. The number of phosphoric acid groups is 1. The highest BCUT2D eigenvalue weighted by Crippen LogP contribution is 2.38. The largest absolute Gasteiger partial charge is 0.756 e. The molecule has 0 aliphatic rings. The summed E-state index contributed by atoms with van der Waals surface area (Å²) in [5.74, 6) is -0.233. The van der Waals surface area contributed by atoms with Crippen LogP contribution in [0.1, 0.15) is 162 Å². The van der Waals surface area contributed by atoms with Crippen molar-refractivity contribution in [3.05, 3.63) is 134 Å². The zero-order chi connectivity index (χ0) is 47.8. The van der Waals surface area contributed by atoms with Crippen molar-refractivity contribution in [3.63, 3.8) is 0 Å². The van der Waals surface area contributed by atoms with Crippen LogP contribution in [0.15, 0.2) is 134 Å². The van der Waals surface area contributed by atoms with E-state index in [2.05, 4.69) is 141 Å². The Hall–Kier alpha value is -3.36. The third kappa shape index (κ3) is 48.4.